The SMILES string of the molecule is CCCCCCCCCCCCCCC(C)CCCC(C)CCCC(C)CCCC(C)CCCCCCCC. The Balaban J connectivity index is 3.46. The van der Waals surface area contributed by atoms with Crippen molar-refractivity contribution in [2.45, 2.75) is 228 Å². The van der Waals surface area contributed by atoms with Crippen molar-refractivity contribution in [3.8, 4) is 0 Å². The van der Waals surface area contributed by atoms with E-state index in [4.69, 9.17) is 0 Å². The Morgan fingerprint density at radius 3 is 0.641 bits per heavy atom. The van der Waals surface area contributed by atoms with Gasteiger partial charge in [0.15, 0.2) is 0 Å². The van der Waals surface area contributed by atoms with Gasteiger partial charge in [0.1, 0.15) is 0 Å². The van der Waals surface area contributed by atoms with Gasteiger partial charge in [-0.2, -0.15) is 0 Å². The Kier molecular flexibility index (Phi) is 30.9. The second-order valence-electron chi connectivity index (χ2n) is 14.4. The third-order valence-corrected chi connectivity index (χ3v) is 9.78. The topological polar surface area (TPSA) is 0 Å². The molecule has 0 nitrogen and oxygen atoms in total. The molecule has 0 rings (SSSR count). The fraction of sp³-hybridized carbons (Fsp3) is 1.00. The van der Waals surface area contributed by atoms with Gasteiger partial charge in [-0.05, 0) is 23.7 Å². The van der Waals surface area contributed by atoms with Gasteiger partial charge in [-0.3, -0.25) is 0 Å². The summed E-state index contributed by atoms with van der Waals surface area (Å²) in [6.07, 6.45) is 42.4. The normalized spacial score (nSPS) is 14.9. The van der Waals surface area contributed by atoms with Crippen LogP contribution in [0.1, 0.15) is 228 Å². The molecule has 0 aromatic heterocycles. The summed E-state index contributed by atoms with van der Waals surface area (Å²) in [5.74, 6) is 3.77. The van der Waals surface area contributed by atoms with Gasteiger partial charge in [0.2, 0.25) is 0 Å². The molecule has 0 radical (unpaired) electrons. The molecule has 0 aliphatic heterocycles. The number of rotatable bonds is 32. The Morgan fingerprint density at radius 1 is 0.231 bits per heavy atom. The van der Waals surface area contributed by atoms with Crippen LogP contribution in [0, 0.1) is 23.7 Å². The molecule has 0 saturated heterocycles. The molecule has 0 bridgehead atoms. The van der Waals surface area contributed by atoms with Crippen molar-refractivity contribution >= 4 is 0 Å². The van der Waals surface area contributed by atoms with Gasteiger partial charge in [0.05, 0.1) is 0 Å². The molecule has 0 amide bonds. The van der Waals surface area contributed by atoms with E-state index in [2.05, 4.69) is 41.5 Å². The van der Waals surface area contributed by atoms with Gasteiger partial charge in [-0.25, -0.2) is 0 Å². The van der Waals surface area contributed by atoms with Crippen molar-refractivity contribution < 1.29 is 0 Å². The van der Waals surface area contributed by atoms with Crippen molar-refractivity contribution in [1.29, 1.82) is 0 Å². The van der Waals surface area contributed by atoms with E-state index in [1.54, 1.807) is 0 Å². The van der Waals surface area contributed by atoms with Crippen molar-refractivity contribution in [1.82, 2.24) is 0 Å². The highest BCUT2D eigenvalue weighted by Gasteiger charge is 2.09. The highest BCUT2D eigenvalue weighted by Crippen LogP contribution is 2.24. The lowest BCUT2D eigenvalue weighted by Gasteiger charge is -2.17. The lowest BCUT2D eigenvalue weighted by molar-refractivity contribution is 0.364. The molecule has 236 valence electrons. The van der Waals surface area contributed by atoms with E-state index in [1.807, 2.05) is 0 Å². The smallest absolute Gasteiger partial charge is 0.0443 e. The first-order chi connectivity index (χ1) is 19.0. The minimum absolute atomic E-state index is 0.938. The highest BCUT2D eigenvalue weighted by atomic mass is 14.2. The van der Waals surface area contributed by atoms with Crippen molar-refractivity contribution in [3.05, 3.63) is 0 Å². The van der Waals surface area contributed by atoms with Gasteiger partial charge in [-0.1, -0.05) is 228 Å². The second kappa shape index (κ2) is 30.9. The average molecular weight is 549 g/mol. The van der Waals surface area contributed by atoms with Crippen LogP contribution in [-0.2, 0) is 0 Å². The van der Waals surface area contributed by atoms with Gasteiger partial charge in [0.25, 0.3) is 0 Å². The first-order valence-electron chi connectivity index (χ1n) is 19.0. The summed E-state index contributed by atoms with van der Waals surface area (Å²) < 4.78 is 0. The number of hydrogen-bond acceptors (Lipinski definition) is 0. The zero-order chi connectivity index (χ0) is 28.8. The quantitative estimate of drug-likeness (QED) is 0.0733. The van der Waals surface area contributed by atoms with Crippen LogP contribution in [0.2, 0.25) is 0 Å². The summed E-state index contributed by atoms with van der Waals surface area (Å²) >= 11 is 0. The summed E-state index contributed by atoms with van der Waals surface area (Å²) in [4.78, 5) is 0. The maximum Gasteiger partial charge on any atom is -0.0443 e. The molecule has 0 aliphatic rings. The second-order valence-corrected chi connectivity index (χ2v) is 14.4. The fourth-order valence-electron chi connectivity index (χ4n) is 6.63. The van der Waals surface area contributed by atoms with Crippen molar-refractivity contribution in [3.63, 3.8) is 0 Å². The Hall–Kier alpha value is 0. The van der Waals surface area contributed by atoms with Crippen LogP contribution in [0.3, 0.4) is 0 Å². The first kappa shape index (κ1) is 39.0. The molecule has 0 fully saturated rings. The summed E-state index contributed by atoms with van der Waals surface area (Å²) in [6.45, 7) is 14.7. The Morgan fingerprint density at radius 2 is 0.410 bits per heavy atom. The molecule has 0 heterocycles. The molecule has 0 saturated carbocycles. The molecule has 0 aromatic rings. The molecule has 4 atom stereocenters. The highest BCUT2D eigenvalue weighted by molar-refractivity contribution is 4.62. The maximum atomic E-state index is 2.52. The standard InChI is InChI=1S/C39H80/c1-7-9-11-13-15-16-17-18-19-20-22-24-29-37(4)31-26-33-39(6)35-27-34-38(5)32-25-30-36(3)28-23-21-14-12-10-8-2/h36-39H,7-35H2,1-6H3. The lowest BCUT2D eigenvalue weighted by Crippen LogP contribution is -2.02. The molecule has 0 aromatic carbocycles. The monoisotopic (exact) mass is 549 g/mol. The van der Waals surface area contributed by atoms with E-state index in [0.717, 1.165) is 23.7 Å². The average Bonchev–Trinajstić information content (AvgIpc) is 2.91. The van der Waals surface area contributed by atoms with Crippen LogP contribution < -0.4 is 0 Å². The zero-order valence-corrected chi connectivity index (χ0v) is 28.8. The summed E-state index contributed by atoms with van der Waals surface area (Å²) in [7, 11) is 0. The molecular formula is C39H80. The van der Waals surface area contributed by atoms with E-state index in [1.165, 1.54) is 186 Å². The van der Waals surface area contributed by atoms with Crippen LogP contribution in [0.15, 0.2) is 0 Å². The largest absolute Gasteiger partial charge is 0.0654 e. The predicted octanol–water partition coefficient (Wildman–Crippen LogP) is 14.9. The number of unbranched alkanes of at least 4 members (excludes halogenated alkanes) is 16. The lowest BCUT2D eigenvalue weighted by atomic mass is 9.89. The van der Waals surface area contributed by atoms with Crippen molar-refractivity contribution in [2.75, 3.05) is 0 Å². The van der Waals surface area contributed by atoms with Crippen LogP contribution >= 0.6 is 0 Å². The minimum Gasteiger partial charge on any atom is -0.0654 e. The molecule has 0 spiro atoms. The Bertz CT molecular complexity index is 439. The van der Waals surface area contributed by atoms with Crippen LogP contribution in [0.4, 0.5) is 0 Å². The van der Waals surface area contributed by atoms with Crippen LogP contribution in [-0.4, -0.2) is 0 Å². The van der Waals surface area contributed by atoms with Crippen LogP contribution in [0.25, 0.3) is 0 Å². The van der Waals surface area contributed by atoms with Gasteiger partial charge in [0, 0.05) is 0 Å². The van der Waals surface area contributed by atoms with E-state index in [-0.39, 0.29) is 0 Å². The first-order valence-corrected chi connectivity index (χ1v) is 19.0. The maximum absolute atomic E-state index is 2.52. The summed E-state index contributed by atoms with van der Waals surface area (Å²) in [5.41, 5.74) is 0. The third kappa shape index (κ3) is 30.8. The third-order valence-electron chi connectivity index (χ3n) is 9.78. The van der Waals surface area contributed by atoms with Crippen LogP contribution in [0.5, 0.6) is 0 Å². The molecule has 39 heavy (non-hydrogen) atoms. The van der Waals surface area contributed by atoms with Gasteiger partial charge in [-0.15, -0.1) is 0 Å². The summed E-state index contributed by atoms with van der Waals surface area (Å²) in [5, 5.41) is 0. The molecule has 0 heteroatoms. The Labute approximate surface area is 251 Å². The van der Waals surface area contributed by atoms with Crippen molar-refractivity contribution in [2.24, 2.45) is 23.7 Å². The van der Waals surface area contributed by atoms with Gasteiger partial charge < -0.3 is 0 Å². The van der Waals surface area contributed by atoms with E-state index in [0.29, 0.717) is 0 Å². The summed E-state index contributed by atoms with van der Waals surface area (Å²) in [6, 6.07) is 0. The predicted molar refractivity (Wildman–Crippen MR) is 182 cm³/mol. The zero-order valence-electron chi connectivity index (χ0n) is 28.8. The molecule has 0 aliphatic carbocycles. The van der Waals surface area contributed by atoms with E-state index >= 15 is 0 Å². The molecular weight excluding hydrogens is 468 g/mol. The van der Waals surface area contributed by atoms with E-state index < -0.39 is 0 Å². The number of hydrogen-bond donors (Lipinski definition) is 0. The molecule has 0 N–H and O–H groups in total. The fourth-order valence-corrected chi connectivity index (χ4v) is 6.63. The van der Waals surface area contributed by atoms with Gasteiger partial charge >= 0.3 is 0 Å². The minimum atomic E-state index is 0.938. The molecule has 4 unspecified atom stereocenters. The van der Waals surface area contributed by atoms with E-state index in [9.17, 15) is 0 Å².